The summed E-state index contributed by atoms with van der Waals surface area (Å²) in [7, 11) is 0. The SMILES string of the molecule is CCC1CNC(C(C)(C)C)CN1c1cc(Cl)ccc1Br. The molecule has 112 valence electrons. The van der Waals surface area contributed by atoms with Gasteiger partial charge in [0.15, 0.2) is 0 Å². The Morgan fingerprint density at radius 3 is 2.70 bits per heavy atom. The summed E-state index contributed by atoms with van der Waals surface area (Å²) in [6.07, 6.45) is 1.13. The molecular weight excluding hydrogens is 336 g/mol. The first kappa shape index (κ1) is 16.1. The first-order valence-electron chi connectivity index (χ1n) is 7.28. The van der Waals surface area contributed by atoms with Crippen molar-refractivity contribution in [3.63, 3.8) is 0 Å². The molecule has 2 atom stereocenters. The molecule has 1 aliphatic heterocycles. The number of piperazine rings is 1. The molecule has 2 unspecified atom stereocenters. The molecule has 1 aromatic rings. The summed E-state index contributed by atoms with van der Waals surface area (Å²) in [5.41, 5.74) is 1.46. The van der Waals surface area contributed by atoms with Crippen LogP contribution in [-0.4, -0.2) is 25.2 Å². The third-order valence-electron chi connectivity index (χ3n) is 4.15. The van der Waals surface area contributed by atoms with Gasteiger partial charge in [0, 0.05) is 34.7 Å². The summed E-state index contributed by atoms with van der Waals surface area (Å²) >= 11 is 9.86. The maximum Gasteiger partial charge on any atom is 0.0529 e. The summed E-state index contributed by atoms with van der Waals surface area (Å²) in [5.74, 6) is 0. The van der Waals surface area contributed by atoms with Gasteiger partial charge in [0.05, 0.1) is 5.69 Å². The molecule has 0 aromatic heterocycles. The second-order valence-corrected chi connectivity index (χ2v) is 7.93. The summed E-state index contributed by atoms with van der Waals surface area (Å²) in [6, 6.07) is 7.04. The summed E-state index contributed by atoms with van der Waals surface area (Å²) in [6.45, 7) is 11.2. The Morgan fingerprint density at radius 1 is 1.40 bits per heavy atom. The Hall–Kier alpha value is -0.250. The topological polar surface area (TPSA) is 15.3 Å². The molecule has 1 aliphatic rings. The standard InChI is InChI=1S/C16H24BrClN2/c1-5-12-9-19-15(16(2,3)4)10-20(12)14-8-11(18)6-7-13(14)17/h6-8,12,15,19H,5,9-10H2,1-4H3. The molecule has 2 rings (SSSR count). The van der Waals surface area contributed by atoms with E-state index >= 15 is 0 Å². The third-order valence-corrected chi connectivity index (χ3v) is 5.06. The minimum Gasteiger partial charge on any atom is -0.365 e. The zero-order valence-corrected chi connectivity index (χ0v) is 15.1. The van der Waals surface area contributed by atoms with Gasteiger partial charge in [-0.05, 0) is 46.0 Å². The van der Waals surface area contributed by atoms with E-state index in [4.69, 9.17) is 11.6 Å². The fraction of sp³-hybridized carbons (Fsp3) is 0.625. The Labute approximate surface area is 136 Å². The Kier molecular flexibility index (Phi) is 5.04. The fourth-order valence-electron chi connectivity index (χ4n) is 2.74. The zero-order chi connectivity index (χ0) is 14.9. The highest BCUT2D eigenvalue weighted by Crippen LogP contribution is 2.34. The number of nitrogens with zero attached hydrogens (tertiary/aromatic N) is 1. The average molecular weight is 360 g/mol. The molecule has 0 bridgehead atoms. The molecule has 20 heavy (non-hydrogen) atoms. The van der Waals surface area contributed by atoms with Gasteiger partial charge in [0.2, 0.25) is 0 Å². The van der Waals surface area contributed by atoms with Gasteiger partial charge in [-0.1, -0.05) is 39.3 Å². The molecule has 1 aromatic carbocycles. The largest absolute Gasteiger partial charge is 0.365 e. The molecule has 0 aliphatic carbocycles. The normalized spacial score (nSPS) is 24.0. The van der Waals surface area contributed by atoms with Gasteiger partial charge >= 0.3 is 0 Å². The van der Waals surface area contributed by atoms with Crippen LogP contribution >= 0.6 is 27.5 Å². The minimum atomic E-state index is 0.252. The monoisotopic (exact) mass is 358 g/mol. The van der Waals surface area contributed by atoms with E-state index in [0.29, 0.717) is 12.1 Å². The molecule has 0 radical (unpaired) electrons. The molecule has 1 fully saturated rings. The van der Waals surface area contributed by atoms with Crippen molar-refractivity contribution in [3.8, 4) is 0 Å². The van der Waals surface area contributed by atoms with Gasteiger partial charge in [-0.25, -0.2) is 0 Å². The second kappa shape index (κ2) is 6.25. The van der Waals surface area contributed by atoms with Crippen LogP contribution in [0.2, 0.25) is 5.02 Å². The van der Waals surface area contributed by atoms with Gasteiger partial charge in [0.25, 0.3) is 0 Å². The van der Waals surface area contributed by atoms with E-state index in [1.807, 2.05) is 12.1 Å². The van der Waals surface area contributed by atoms with Crippen molar-refractivity contribution in [2.24, 2.45) is 5.41 Å². The minimum absolute atomic E-state index is 0.252. The van der Waals surface area contributed by atoms with Crippen LogP contribution in [-0.2, 0) is 0 Å². The summed E-state index contributed by atoms with van der Waals surface area (Å²) in [4.78, 5) is 2.50. The second-order valence-electron chi connectivity index (χ2n) is 6.64. The van der Waals surface area contributed by atoms with Crippen LogP contribution in [0.15, 0.2) is 22.7 Å². The van der Waals surface area contributed by atoms with E-state index in [2.05, 4.69) is 59.9 Å². The maximum atomic E-state index is 6.19. The lowest BCUT2D eigenvalue weighted by molar-refractivity contribution is 0.233. The van der Waals surface area contributed by atoms with Gasteiger partial charge in [0.1, 0.15) is 0 Å². The Bertz CT molecular complexity index is 470. The highest BCUT2D eigenvalue weighted by Gasteiger charge is 2.34. The molecule has 1 N–H and O–H groups in total. The highest BCUT2D eigenvalue weighted by atomic mass is 79.9. The predicted octanol–water partition coefficient (Wildman–Crippen LogP) is 4.71. The molecule has 2 nitrogen and oxygen atoms in total. The molecule has 4 heteroatoms. The van der Waals surface area contributed by atoms with Crippen LogP contribution in [0.1, 0.15) is 34.1 Å². The van der Waals surface area contributed by atoms with Crippen LogP contribution in [0, 0.1) is 5.41 Å². The van der Waals surface area contributed by atoms with Gasteiger partial charge < -0.3 is 10.2 Å². The van der Waals surface area contributed by atoms with Crippen molar-refractivity contribution < 1.29 is 0 Å². The molecule has 0 amide bonds. The van der Waals surface area contributed by atoms with Crippen molar-refractivity contribution in [3.05, 3.63) is 27.7 Å². The number of hydrogen-bond acceptors (Lipinski definition) is 2. The highest BCUT2D eigenvalue weighted by molar-refractivity contribution is 9.10. The van der Waals surface area contributed by atoms with Crippen LogP contribution in [0.5, 0.6) is 0 Å². The maximum absolute atomic E-state index is 6.19. The Morgan fingerprint density at radius 2 is 2.10 bits per heavy atom. The van der Waals surface area contributed by atoms with E-state index in [1.165, 1.54) is 5.69 Å². The van der Waals surface area contributed by atoms with Gasteiger partial charge in [-0.2, -0.15) is 0 Å². The van der Waals surface area contributed by atoms with Gasteiger partial charge in [-0.3, -0.25) is 0 Å². The van der Waals surface area contributed by atoms with Crippen molar-refractivity contribution in [2.45, 2.75) is 46.2 Å². The number of anilines is 1. The smallest absolute Gasteiger partial charge is 0.0529 e. The van der Waals surface area contributed by atoms with Crippen molar-refractivity contribution in [1.29, 1.82) is 0 Å². The summed E-state index contributed by atoms with van der Waals surface area (Å²) < 4.78 is 1.12. The predicted molar refractivity (Wildman–Crippen MR) is 91.8 cm³/mol. The number of benzene rings is 1. The lowest BCUT2D eigenvalue weighted by atomic mass is 9.84. The summed E-state index contributed by atoms with van der Waals surface area (Å²) in [5, 5.41) is 4.50. The lowest BCUT2D eigenvalue weighted by Crippen LogP contribution is -2.60. The zero-order valence-electron chi connectivity index (χ0n) is 12.7. The lowest BCUT2D eigenvalue weighted by Gasteiger charge is -2.46. The molecule has 0 saturated carbocycles. The van der Waals surface area contributed by atoms with Crippen LogP contribution in [0.3, 0.4) is 0 Å². The van der Waals surface area contributed by atoms with Crippen LogP contribution in [0.25, 0.3) is 0 Å². The molecule has 1 heterocycles. The number of nitrogens with one attached hydrogen (secondary N) is 1. The van der Waals surface area contributed by atoms with Crippen LogP contribution in [0.4, 0.5) is 5.69 Å². The van der Waals surface area contributed by atoms with Crippen molar-refractivity contribution in [2.75, 3.05) is 18.0 Å². The molecular formula is C16H24BrClN2. The van der Waals surface area contributed by atoms with Crippen molar-refractivity contribution >= 4 is 33.2 Å². The third kappa shape index (κ3) is 3.49. The van der Waals surface area contributed by atoms with E-state index in [-0.39, 0.29) is 5.41 Å². The number of hydrogen-bond donors (Lipinski definition) is 1. The average Bonchev–Trinajstić information content (AvgIpc) is 2.40. The molecule has 0 spiro atoms. The van der Waals surface area contributed by atoms with Crippen LogP contribution < -0.4 is 10.2 Å². The fourth-order valence-corrected chi connectivity index (χ4v) is 3.39. The van der Waals surface area contributed by atoms with E-state index < -0.39 is 0 Å². The van der Waals surface area contributed by atoms with Gasteiger partial charge in [-0.15, -0.1) is 0 Å². The molecule has 1 saturated heterocycles. The van der Waals surface area contributed by atoms with E-state index in [9.17, 15) is 0 Å². The van der Waals surface area contributed by atoms with E-state index in [1.54, 1.807) is 0 Å². The first-order valence-corrected chi connectivity index (χ1v) is 8.45. The number of rotatable bonds is 2. The van der Waals surface area contributed by atoms with E-state index in [0.717, 1.165) is 29.0 Å². The Balaban J connectivity index is 2.32. The number of halogens is 2. The van der Waals surface area contributed by atoms with Crippen molar-refractivity contribution in [1.82, 2.24) is 5.32 Å². The quantitative estimate of drug-likeness (QED) is 0.823. The first-order chi connectivity index (χ1) is 9.32.